The van der Waals surface area contributed by atoms with Crippen LogP contribution >= 0.6 is 0 Å². The predicted molar refractivity (Wildman–Crippen MR) is 136 cm³/mol. The average Bonchev–Trinajstić information content (AvgIpc) is 2.71. The maximum absolute atomic E-state index is 12.8. The summed E-state index contributed by atoms with van der Waals surface area (Å²) in [4.78, 5) is 12.8. The Morgan fingerprint density at radius 2 is 1.55 bits per heavy atom. The molecule has 5 rings (SSSR count). The van der Waals surface area contributed by atoms with Crippen LogP contribution < -0.4 is 0 Å². The minimum atomic E-state index is -0.520. The number of rotatable bonds is 1. The second kappa shape index (κ2) is 6.91. The molecule has 0 amide bonds. The van der Waals surface area contributed by atoms with E-state index in [-0.39, 0.29) is 22.2 Å². The van der Waals surface area contributed by atoms with Gasteiger partial charge < -0.3 is 5.11 Å². The molecular weight excluding hydrogens is 404 g/mol. The highest BCUT2D eigenvalue weighted by Gasteiger charge is 2.68. The Hall–Kier alpha value is -0.790. The first-order valence-corrected chi connectivity index (χ1v) is 14.1. The molecule has 0 aromatic heterocycles. The summed E-state index contributed by atoms with van der Waals surface area (Å²) in [5.74, 6) is 2.04. The second-order valence-corrected chi connectivity index (χ2v) is 15.4. The summed E-state index contributed by atoms with van der Waals surface area (Å²) in [6.45, 7) is 20.2. The lowest BCUT2D eigenvalue weighted by molar-refractivity contribution is -0.195. The van der Waals surface area contributed by atoms with Crippen LogP contribution in [0.5, 0.6) is 0 Å². The number of carbonyl (C=O) groups is 1. The van der Waals surface area contributed by atoms with Gasteiger partial charge in [0.25, 0.3) is 0 Å². The van der Waals surface area contributed by atoms with Gasteiger partial charge in [0.15, 0.2) is 0 Å². The van der Waals surface area contributed by atoms with Gasteiger partial charge >= 0.3 is 5.97 Å². The molecule has 2 heteroatoms. The number of carboxylic acid groups (broad SMARTS) is 1. The number of hydrogen-bond donors (Lipinski definition) is 1. The van der Waals surface area contributed by atoms with Crippen molar-refractivity contribution in [1.29, 1.82) is 0 Å². The molecule has 186 valence electrons. The van der Waals surface area contributed by atoms with Crippen molar-refractivity contribution in [2.45, 2.75) is 120 Å². The first-order chi connectivity index (χ1) is 15.1. The fraction of sp³-hybridized carbons (Fsp3) is 0.903. The number of aliphatic carboxylic acids is 1. The van der Waals surface area contributed by atoms with Crippen molar-refractivity contribution < 1.29 is 9.90 Å². The number of fused-ring (bicyclic) bond motifs is 7. The Kier molecular flexibility index (Phi) is 5.01. The third kappa shape index (κ3) is 2.88. The van der Waals surface area contributed by atoms with Gasteiger partial charge in [-0.1, -0.05) is 67.0 Å². The highest BCUT2D eigenvalue weighted by atomic mass is 16.4. The Balaban J connectivity index is 1.60. The summed E-state index contributed by atoms with van der Waals surface area (Å²) in [6, 6.07) is 0. The van der Waals surface area contributed by atoms with Gasteiger partial charge in [0.2, 0.25) is 0 Å². The number of carboxylic acids is 1. The molecule has 0 saturated heterocycles. The third-order valence-corrected chi connectivity index (χ3v) is 13.6. The molecule has 0 aromatic rings. The molecule has 1 N–H and O–H groups in total. The average molecular weight is 455 g/mol. The van der Waals surface area contributed by atoms with E-state index in [1.807, 2.05) is 0 Å². The molecule has 0 radical (unpaired) electrons. The first kappa shape index (κ1) is 23.9. The molecule has 4 saturated carbocycles. The Bertz CT molecular complexity index is 881. The molecule has 5 aliphatic rings. The van der Waals surface area contributed by atoms with E-state index in [0.29, 0.717) is 10.8 Å². The van der Waals surface area contributed by atoms with Crippen LogP contribution in [0.4, 0.5) is 0 Å². The smallest absolute Gasteiger partial charge is 0.310 e. The Morgan fingerprint density at radius 1 is 0.879 bits per heavy atom. The van der Waals surface area contributed by atoms with Gasteiger partial charge in [-0.25, -0.2) is 0 Å². The summed E-state index contributed by atoms with van der Waals surface area (Å²) >= 11 is 0. The fourth-order valence-corrected chi connectivity index (χ4v) is 10.8. The van der Waals surface area contributed by atoms with E-state index in [1.165, 1.54) is 32.1 Å². The molecule has 0 heterocycles. The molecule has 0 aromatic carbocycles. The molecular formula is C31H50O2. The van der Waals surface area contributed by atoms with Gasteiger partial charge in [-0.15, -0.1) is 0 Å². The number of allylic oxidation sites excluding steroid dienone is 2. The standard InChI is InChI=1S/C31H50O2/c1-20-11-13-28(6)23(27(20,4)5)12-14-30(8)24(28)10-9-21-22-19-26(2,3)15-17-31(22,25(32)33)18-16-29(21,30)7/h9,20,22-24H,10-19H2,1-8H3,(H,32,33)/t20?,22?,23?,24?,28?,29-,30?,31+/m1/s1. The van der Waals surface area contributed by atoms with Crippen LogP contribution in [0.3, 0.4) is 0 Å². The summed E-state index contributed by atoms with van der Waals surface area (Å²) in [6.07, 6.45) is 14.1. The quantitative estimate of drug-likeness (QED) is 0.403. The molecule has 0 bridgehead atoms. The zero-order valence-electron chi connectivity index (χ0n) is 22.8. The molecule has 0 aliphatic heterocycles. The van der Waals surface area contributed by atoms with Crippen LogP contribution in [0, 0.1) is 56.2 Å². The summed E-state index contributed by atoms with van der Waals surface area (Å²) < 4.78 is 0. The normalized spacial score (nSPS) is 52.4. The fourth-order valence-electron chi connectivity index (χ4n) is 10.8. The third-order valence-electron chi connectivity index (χ3n) is 13.6. The first-order valence-electron chi connectivity index (χ1n) is 14.1. The maximum Gasteiger partial charge on any atom is 0.310 e. The van der Waals surface area contributed by atoms with Gasteiger partial charge in [-0.05, 0) is 115 Å². The Morgan fingerprint density at radius 3 is 2.21 bits per heavy atom. The van der Waals surface area contributed by atoms with Crippen molar-refractivity contribution in [3.63, 3.8) is 0 Å². The second-order valence-electron chi connectivity index (χ2n) is 15.4. The minimum absolute atomic E-state index is 0.147. The van der Waals surface area contributed by atoms with E-state index >= 15 is 0 Å². The van der Waals surface area contributed by atoms with E-state index in [2.05, 4.69) is 61.5 Å². The van der Waals surface area contributed by atoms with Crippen LogP contribution in [0.15, 0.2) is 11.6 Å². The molecule has 6 unspecified atom stereocenters. The lowest BCUT2D eigenvalue weighted by atomic mass is 9.33. The van der Waals surface area contributed by atoms with Gasteiger partial charge in [-0.3, -0.25) is 4.79 Å². The lowest BCUT2D eigenvalue weighted by Gasteiger charge is -2.71. The predicted octanol–water partition coefficient (Wildman–Crippen LogP) is 8.51. The lowest BCUT2D eigenvalue weighted by Crippen LogP contribution is -2.64. The van der Waals surface area contributed by atoms with Gasteiger partial charge in [0.05, 0.1) is 5.41 Å². The Labute approximate surface area is 203 Å². The van der Waals surface area contributed by atoms with Crippen LogP contribution in [0.1, 0.15) is 120 Å². The van der Waals surface area contributed by atoms with Crippen molar-refractivity contribution in [2.24, 2.45) is 56.2 Å². The van der Waals surface area contributed by atoms with Crippen LogP contribution in [-0.4, -0.2) is 11.1 Å². The highest BCUT2D eigenvalue weighted by Crippen LogP contribution is 2.76. The number of hydrogen-bond acceptors (Lipinski definition) is 1. The van der Waals surface area contributed by atoms with Crippen molar-refractivity contribution in [1.82, 2.24) is 0 Å². The van der Waals surface area contributed by atoms with Gasteiger partial charge in [0, 0.05) is 0 Å². The van der Waals surface area contributed by atoms with E-state index in [1.54, 1.807) is 5.57 Å². The van der Waals surface area contributed by atoms with Crippen molar-refractivity contribution >= 4 is 5.97 Å². The molecule has 0 spiro atoms. The summed E-state index contributed by atoms with van der Waals surface area (Å²) in [5, 5.41) is 10.5. The van der Waals surface area contributed by atoms with Crippen LogP contribution in [-0.2, 0) is 4.79 Å². The molecule has 8 atom stereocenters. The summed E-state index contributed by atoms with van der Waals surface area (Å²) in [5.41, 5.74) is 2.53. The van der Waals surface area contributed by atoms with Crippen molar-refractivity contribution in [3.8, 4) is 0 Å². The van der Waals surface area contributed by atoms with Crippen LogP contribution in [0.2, 0.25) is 0 Å². The van der Waals surface area contributed by atoms with E-state index < -0.39 is 11.4 Å². The van der Waals surface area contributed by atoms with Gasteiger partial charge in [0.1, 0.15) is 0 Å². The monoisotopic (exact) mass is 454 g/mol. The zero-order chi connectivity index (χ0) is 24.2. The minimum Gasteiger partial charge on any atom is -0.481 e. The zero-order valence-corrected chi connectivity index (χ0v) is 22.8. The molecule has 2 nitrogen and oxygen atoms in total. The molecule has 4 fully saturated rings. The summed E-state index contributed by atoms with van der Waals surface area (Å²) in [7, 11) is 0. The molecule has 5 aliphatic carbocycles. The SMILES string of the molecule is CC1CCC2(C)C(CCC3(C)C2CC=C2C4CC(C)(C)CC[C@]4(C(=O)O)CC[C@]23C)C1(C)C. The largest absolute Gasteiger partial charge is 0.481 e. The highest BCUT2D eigenvalue weighted by molar-refractivity contribution is 5.76. The van der Waals surface area contributed by atoms with E-state index in [9.17, 15) is 9.90 Å². The topological polar surface area (TPSA) is 37.3 Å². The van der Waals surface area contributed by atoms with Crippen molar-refractivity contribution in [3.05, 3.63) is 11.6 Å². The van der Waals surface area contributed by atoms with Crippen molar-refractivity contribution in [2.75, 3.05) is 0 Å². The maximum atomic E-state index is 12.8. The van der Waals surface area contributed by atoms with Gasteiger partial charge in [-0.2, -0.15) is 0 Å². The van der Waals surface area contributed by atoms with E-state index in [0.717, 1.165) is 49.9 Å². The van der Waals surface area contributed by atoms with E-state index in [4.69, 9.17) is 0 Å². The molecule has 33 heavy (non-hydrogen) atoms. The van der Waals surface area contributed by atoms with Crippen LogP contribution in [0.25, 0.3) is 0 Å².